The lowest BCUT2D eigenvalue weighted by atomic mass is 10.0. The number of ketones is 1. The topological polar surface area (TPSA) is 20.3 Å². The van der Waals surface area contributed by atoms with Crippen LogP contribution < -0.4 is 0 Å². The summed E-state index contributed by atoms with van der Waals surface area (Å²) >= 11 is 1.73. The first-order valence-electron chi connectivity index (χ1n) is 6.85. The van der Waals surface area contributed by atoms with Gasteiger partial charge in [0.1, 0.15) is 11.6 Å². The van der Waals surface area contributed by atoms with Gasteiger partial charge in [0.25, 0.3) is 0 Å². The zero-order valence-electron chi connectivity index (χ0n) is 11.6. The summed E-state index contributed by atoms with van der Waals surface area (Å²) in [5.74, 6) is -1.63. The number of rotatable bonds is 3. The Hall–Kier alpha value is -1.59. The van der Waals surface area contributed by atoms with E-state index in [-0.39, 0.29) is 23.9 Å². The SMILES string of the molecule is CC1c2ccsc2CCN1CC(=O)c1cc(F)ccc1F. The molecule has 1 atom stereocenters. The smallest absolute Gasteiger partial charge is 0.179 e. The molecule has 1 aliphatic rings. The third-order valence-corrected chi connectivity index (χ3v) is 4.98. The maximum absolute atomic E-state index is 13.7. The van der Waals surface area contributed by atoms with E-state index in [1.807, 2.05) is 11.8 Å². The molecule has 1 aliphatic heterocycles. The van der Waals surface area contributed by atoms with Gasteiger partial charge in [0, 0.05) is 17.5 Å². The van der Waals surface area contributed by atoms with E-state index in [4.69, 9.17) is 0 Å². The standard InChI is InChI=1S/C16H15F2NOS/c1-10-12-5-7-21-16(12)4-6-19(10)9-15(20)13-8-11(17)2-3-14(13)18/h2-3,5,7-8,10H,4,6,9H2,1H3. The second-order valence-corrected chi connectivity index (χ2v) is 6.24. The van der Waals surface area contributed by atoms with E-state index in [0.717, 1.165) is 31.2 Å². The molecule has 0 radical (unpaired) electrons. The van der Waals surface area contributed by atoms with Crippen LogP contribution >= 0.6 is 11.3 Å². The van der Waals surface area contributed by atoms with Crippen molar-refractivity contribution in [2.24, 2.45) is 0 Å². The summed E-state index contributed by atoms with van der Waals surface area (Å²) < 4.78 is 26.8. The van der Waals surface area contributed by atoms with Crippen molar-refractivity contribution < 1.29 is 13.6 Å². The van der Waals surface area contributed by atoms with Gasteiger partial charge in [-0.05, 0) is 48.6 Å². The average Bonchev–Trinajstić information content (AvgIpc) is 2.93. The molecule has 0 bridgehead atoms. The third-order valence-electron chi connectivity index (χ3n) is 3.98. The minimum Gasteiger partial charge on any atom is -0.293 e. The van der Waals surface area contributed by atoms with Gasteiger partial charge in [-0.2, -0.15) is 0 Å². The predicted molar refractivity (Wildman–Crippen MR) is 78.7 cm³/mol. The Morgan fingerprint density at radius 1 is 1.38 bits per heavy atom. The molecule has 1 aromatic carbocycles. The summed E-state index contributed by atoms with van der Waals surface area (Å²) in [4.78, 5) is 15.6. The highest BCUT2D eigenvalue weighted by Crippen LogP contribution is 2.32. The average molecular weight is 307 g/mol. The molecule has 1 unspecified atom stereocenters. The molecule has 0 aliphatic carbocycles. The molecule has 3 rings (SSSR count). The van der Waals surface area contributed by atoms with Crippen molar-refractivity contribution in [3.63, 3.8) is 0 Å². The Bertz CT molecular complexity index is 683. The number of carbonyl (C=O) groups is 1. The van der Waals surface area contributed by atoms with E-state index < -0.39 is 11.6 Å². The van der Waals surface area contributed by atoms with Gasteiger partial charge in [0.2, 0.25) is 0 Å². The largest absolute Gasteiger partial charge is 0.293 e. The van der Waals surface area contributed by atoms with Crippen molar-refractivity contribution in [3.05, 3.63) is 57.3 Å². The number of hydrogen-bond donors (Lipinski definition) is 0. The lowest BCUT2D eigenvalue weighted by molar-refractivity contribution is 0.0887. The second kappa shape index (κ2) is 5.66. The minimum atomic E-state index is -0.665. The van der Waals surface area contributed by atoms with Crippen molar-refractivity contribution >= 4 is 17.1 Å². The molecular formula is C16H15F2NOS. The fourth-order valence-corrected chi connectivity index (χ4v) is 3.72. The van der Waals surface area contributed by atoms with Crippen LogP contribution in [0.1, 0.15) is 33.8 Å². The Kier molecular flexibility index (Phi) is 3.87. The molecule has 2 nitrogen and oxygen atoms in total. The number of halogens is 2. The Balaban J connectivity index is 1.78. The molecule has 0 saturated heterocycles. The van der Waals surface area contributed by atoms with Crippen LogP contribution in [0.5, 0.6) is 0 Å². The Morgan fingerprint density at radius 3 is 3.00 bits per heavy atom. The van der Waals surface area contributed by atoms with E-state index in [1.54, 1.807) is 11.3 Å². The zero-order chi connectivity index (χ0) is 15.0. The second-order valence-electron chi connectivity index (χ2n) is 5.24. The molecule has 0 spiro atoms. The molecule has 110 valence electrons. The molecule has 21 heavy (non-hydrogen) atoms. The molecule has 0 saturated carbocycles. The summed E-state index contributed by atoms with van der Waals surface area (Å²) in [6, 6.07) is 5.19. The molecular weight excluding hydrogens is 292 g/mol. The highest BCUT2D eigenvalue weighted by Gasteiger charge is 2.27. The first kappa shape index (κ1) is 14.4. The fraction of sp³-hybridized carbons (Fsp3) is 0.312. The van der Waals surface area contributed by atoms with Gasteiger partial charge in [-0.15, -0.1) is 11.3 Å². The zero-order valence-corrected chi connectivity index (χ0v) is 12.4. The lowest BCUT2D eigenvalue weighted by Gasteiger charge is -2.33. The van der Waals surface area contributed by atoms with Gasteiger partial charge in [0.15, 0.2) is 5.78 Å². The fourth-order valence-electron chi connectivity index (χ4n) is 2.76. The van der Waals surface area contributed by atoms with Crippen molar-refractivity contribution in [2.45, 2.75) is 19.4 Å². The predicted octanol–water partition coefficient (Wildman–Crippen LogP) is 3.83. The van der Waals surface area contributed by atoms with Gasteiger partial charge in [0.05, 0.1) is 12.1 Å². The Labute approximate surface area is 126 Å². The van der Waals surface area contributed by atoms with Crippen LogP contribution in [0.4, 0.5) is 8.78 Å². The maximum atomic E-state index is 13.7. The highest BCUT2D eigenvalue weighted by atomic mass is 32.1. The molecule has 0 N–H and O–H groups in total. The van der Waals surface area contributed by atoms with Crippen LogP contribution in [0.3, 0.4) is 0 Å². The van der Waals surface area contributed by atoms with Crippen molar-refractivity contribution in [2.75, 3.05) is 13.1 Å². The summed E-state index contributed by atoms with van der Waals surface area (Å²) in [6.07, 6.45) is 0.899. The maximum Gasteiger partial charge on any atom is 0.179 e. The summed E-state index contributed by atoms with van der Waals surface area (Å²) in [5, 5.41) is 2.05. The van der Waals surface area contributed by atoms with E-state index in [2.05, 4.69) is 11.4 Å². The first-order chi connectivity index (χ1) is 10.1. The number of hydrogen-bond acceptors (Lipinski definition) is 3. The summed E-state index contributed by atoms with van der Waals surface area (Å²) in [5.41, 5.74) is 1.07. The van der Waals surface area contributed by atoms with E-state index in [0.29, 0.717) is 0 Å². The van der Waals surface area contributed by atoms with Crippen molar-refractivity contribution in [1.29, 1.82) is 0 Å². The number of carbonyl (C=O) groups excluding carboxylic acids is 1. The molecule has 2 heterocycles. The van der Waals surface area contributed by atoms with E-state index in [1.165, 1.54) is 10.4 Å². The highest BCUT2D eigenvalue weighted by molar-refractivity contribution is 7.10. The number of benzene rings is 1. The van der Waals surface area contributed by atoms with Gasteiger partial charge in [-0.3, -0.25) is 9.69 Å². The van der Waals surface area contributed by atoms with Crippen LogP contribution in [-0.2, 0) is 6.42 Å². The van der Waals surface area contributed by atoms with Crippen LogP contribution in [-0.4, -0.2) is 23.8 Å². The summed E-state index contributed by atoms with van der Waals surface area (Å²) in [7, 11) is 0. The normalized spacial score (nSPS) is 18.5. The van der Waals surface area contributed by atoms with Gasteiger partial charge < -0.3 is 0 Å². The van der Waals surface area contributed by atoms with Crippen LogP contribution in [0.25, 0.3) is 0 Å². The quantitative estimate of drug-likeness (QED) is 0.803. The third kappa shape index (κ3) is 2.76. The van der Waals surface area contributed by atoms with Crippen LogP contribution in [0.15, 0.2) is 29.6 Å². The van der Waals surface area contributed by atoms with Crippen LogP contribution in [0, 0.1) is 11.6 Å². The monoisotopic (exact) mass is 307 g/mol. The first-order valence-corrected chi connectivity index (χ1v) is 7.73. The van der Waals surface area contributed by atoms with E-state index >= 15 is 0 Å². The number of Topliss-reactive ketones (excluding diaryl/α,β-unsaturated/α-hetero) is 1. The van der Waals surface area contributed by atoms with Crippen molar-refractivity contribution in [3.8, 4) is 0 Å². The van der Waals surface area contributed by atoms with Gasteiger partial charge in [-0.25, -0.2) is 8.78 Å². The van der Waals surface area contributed by atoms with E-state index in [9.17, 15) is 13.6 Å². The molecule has 0 amide bonds. The molecule has 1 aromatic heterocycles. The summed E-state index contributed by atoms with van der Waals surface area (Å²) in [6.45, 7) is 2.91. The minimum absolute atomic E-state index is 0.108. The number of fused-ring (bicyclic) bond motifs is 1. The van der Waals surface area contributed by atoms with Gasteiger partial charge in [-0.1, -0.05) is 0 Å². The van der Waals surface area contributed by atoms with Crippen molar-refractivity contribution in [1.82, 2.24) is 4.90 Å². The molecule has 5 heteroatoms. The van der Waals surface area contributed by atoms with Crippen LogP contribution in [0.2, 0.25) is 0 Å². The van der Waals surface area contributed by atoms with Gasteiger partial charge >= 0.3 is 0 Å². The molecule has 2 aromatic rings. The lowest BCUT2D eigenvalue weighted by Crippen LogP contribution is -2.37. The molecule has 0 fully saturated rings. The Morgan fingerprint density at radius 2 is 2.19 bits per heavy atom. The number of thiophene rings is 1. The number of nitrogens with zero attached hydrogens (tertiary/aromatic N) is 1.